The number of hydrogen-bond acceptors (Lipinski definition) is 4. The molecule has 0 aliphatic carbocycles. The second kappa shape index (κ2) is 7.53. The maximum absolute atomic E-state index is 11.6. The zero-order valence-corrected chi connectivity index (χ0v) is 11.1. The van der Waals surface area contributed by atoms with Crippen LogP contribution in [0.1, 0.15) is 40.5 Å². The lowest BCUT2D eigenvalue weighted by Crippen LogP contribution is -2.08. The Bertz CT molecular complexity index is 453. The van der Waals surface area contributed by atoms with Crippen molar-refractivity contribution in [3.63, 3.8) is 0 Å². The Kier molecular flexibility index (Phi) is 6.02. The summed E-state index contributed by atoms with van der Waals surface area (Å²) in [6.07, 6.45) is 1.02. The predicted molar refractivity (Wildman–Crippen MR) is 70.0 cm³/mol. The summed E-state index contributed by atoms with van der Waals surface area (Å²) in [6.45, 7) is 2.64. The molecule has 5 heteroatoms. The van der Waals surface area contributed by atoms with Gasteiger partial charge in [0, 0.05) is 32.1 Å². The molecule has 1 N–H and O–H groups in total. The van der Waals surface area contributed by atoms with Gasteiger partial charge in [0.25, 0.3) is 0 Å². The third-order valence-electron chi connectivity index (χ3n) is 2.61. The van der Waals surface area contributed by atoms with Gasteiger partial charge in [-0.15, -0.1) is 0 Å². The standard InChI is InChI=1S/C14H18O5/c1-3-12(15)10-5-6-11(14(16)17)13(9-10)19-8-4-7-18-2/h5-6,9H,3-4,7-8H2,1-2H3,(H,16,17). The van der Waals surface area contributed by atoms with Gasteiger partial charge in [-0.3, -0.25) is 4.79 Å². The molecule has 1 rings (SSSR count). The number of hydrogen-bond donors (Lipinski definition) is 1. The Hall–Kier alpha value is -1.88. The number of methoxy groups -OCH3 is 1. The van der Waals surface area contributed by atoms with Crippen LogP contribution in [-0.4, -0.2) is 37.2 Å². The molecule has 0 fully saturated rings. The van der Waals surface area contributed by atoms with Gasteiger partial charge in [0.15, 0.2) is 5.78 Å². The van der Waals surface area contributed by atoms with Crippen molar-refractivity contribution in [2.45, 2.75) is 19.8 Å². The van der Waals surface area contributed by atoms with E-state index in [9.17, 15) is 9.59 Å². The van der Waals surface area contributed by atoms with Crippen molar-refractivity contribution in [1.29, 1.82) is 0 Å². The number of Topliss-reactive ketones (excluding diaryl/α,β-unsaturated/α-hetero) is 1. The lowest BCUT2D eigenvalue weighted by Gasteiger charge is -2.10. The number of carboxylic acid groups (broad SMARTS) is 1. The first-order chi connectivity index (χ1) is 9.10. The molecule has 0 radical (unpaired) electrons. The van der Waals surface area contributed by atoms with E-state index in [1.54, 1.807) is 14.0 Å². The molecule has 0 amide bonds. The molecule has 104 valence electrons. The highest BCUT2D eigenvalue weighted by Crippen LogP contribution is 2.21. The molecule has 0 aliphatic rings. The van der Waals surface area contributed by atoms with Crippen LogP contribution in [0, 0.1) is 0 Å². The number of ketones is 1. The van der Waals surface area contributed by atoms with Crippen molar-refractivity contribution in [1.82, 2.24) is 0 Å². The molecule has 19 heavy (non-hydrogen) atoms. The van der Waals surface area contributed by atoms with Crippen LogP contribution in [0.5, 0.6) is 5.75 Å². The van der Waals surface area contributed by atoms with Crippen LogP contribution in [0.4, 0.5) is 0 Å². The molecule has 0 saturated carbocycles. The first kappa shape index (κ1) is 15.2. The average molecular weight is 266 g/mol. The monoisotopic (exact) mass is 266 g/mol. The molecule has 0 heterocycles. The van der Waals surface area contributed by atoms with Crippen LogP contribution in [-0.2, 0) is 4.74 Å². The van der Waals surface area contributed by atoms with Gasteiger partial charge in [-0.05, 0) is 12.1 Å². The molecule has 0 unspecified atom stereocenters. The topological polar surface area (TPSA) is 72.8 Å². The maximum atomic E-state index is 11.6. The fourth-order valence-electron chi connectivity index (χ4n) is 1.58. The number of aromatic carboxylic acids is 1. The fourth-order valence-corrected chi connectivity index (χ4v) is 1.58. The van der Waals surface area contributed by atoms with E-state index >= 15 is 0 Å². The van der Waals surface area contributed by atoms with E-state index in [0.29, 0.717) is 31.6 Å². The highest BCUT2D eigenvalue weighted by molar-refractivity contribution is 5.98. The summed E-state index contributed by atoms with van der Waals surface area (Å²) in [5.74, 6) is -0.890. The van der Waals surface area contributed by atoms with Gasteiger partial charge in [-0.25, -0.2) is 4.79 Å². The highest BCUT2D eigenvalue weighted by atomic mass is 16.5. The van der Waals surface area contributed by atoms with Crippen LogP contribution in [0.15, 0.2) is 18.2 Å². The number of ether oxygens (including phenoxy) is 2. The molecule has 0 bridgehead atoms. The largest absolute Gasteiger partial charge is 0.493 e. The van der Waals surface area contributed by atoms with Crippen LogP contribution in [0.25, 0.3) is 0 Å². The second-order valence-electron chi connectivity index (χ2n) is 3.99. The number of carbonyl (C=O) groups is 2. The molecule has 0 atom stereocenters. The van der Waals surface area contributed by atoms with Crippen molar-refractivity contribution < 1.29 is 24.2 Å². The average Bonchev–Trinajstić information content (AvgIpc) is 2.42. The van der Waals surface area contributed by atoms with Gasteiger partial charge < -0.3 is 14.6 Å². The summed E-state index contributed by atoms with van der Waals surface area (Å²) in [5.41, 5.74) is 0.527. The smallest absolute Gasteiger partial charge is 0.339 e. The van der Waals surface area contributed by atoms with Gasteiger partial charge in [-0.1, -0.05) is 13.0 Å². The summed E-state index contributed by atoms with van der Waals surface area (Å²) in [5, 5.41) is 9.07. The summed E-state index contributed by atoms with van der Waals surface area (Å²) in [6, 6.07) is 4.40. The van der Waals surface area contributed by atoms with E-state index in [2.05, 4.69) is 0 Å². The number of rotatable bonds is 8. The molecular weight excluding hydrogens is 248 g/mol. The highest BCUT2D eigenvalue weighted by Gasteiger charge is 2.14. The van der Waals surface area contributed by atoms with E-state index in [1.807, 2.05) is 0 Å². The van der Waals surface area contributed by atoms with E-state index in [-0.39, 0.29) is 17.1 Å². The van der Waals surface area contributed by atoms with Crippen LogP contribution in [0.3, 0.4) is 0 Å². The van der Waals surface area contributed by atoms with Crippen LogP contribution < -0.4 is 4.74 Å². The van der Waals surface area contributed by atoms with Gasteiger partial charge in [0.2, 0.25) is 0 Å². The number of carbonyl (C=O) groups excluding carboxylic acids is 1. The minimum atomic E-state index is -1.07. The number of carboxylic acids is 1. The van der Waals surface area contributed by atoms with Crippen molar-refractivity contribution in [2.75, 3.05) is 20.3 Å². The van der Waals surface area contributed by atoms with E-state index in [1.165, 1.54) is 18.2 Å². The molecule has 0 aromatic heterocycles. The molecule has 1 aromatic carbocycles. The van der Waals surface area contributed by atoms with Crippen molar-refractivity contribution in [2.24, 2.45) is 0 Å². The van der Waals surface area contributed by atoms with Crippen LogP contribution >= 0.6 is 0 Å². The maximum Gasteiger partial charge on any atom is 0.339 e. The van der Waals surface area contributed by atoms with Crippen molar-refractivity contribution in [3.05, 3.63) is 29.3 Å². The minimum Gasteiger partial charge on any atom is -0.493 e. The Morgan fingerprint density at radius 1 is 1.26 bits per heavy atom. The van der Waals surface area contributed by atoms with Gasteiger partial charge in [0.05, 0.1) is 6.61 Å². The lowest BCUT2D eigenvalue weighted by molar-refractivity contribution is 0.0691. The SMILES string of the molecule is CCC(=O)c1ccc(C(=O)O)c(OCCCOC)c1. The van der Waals surface area contributed by atoms with Crippen molar-refractivity contribution in [3.8, 4) is 5.75 Å². The summed E-state index contributed by atoms with van der Waals surface area (Å²) >= 11 is 0. The van der Waals surface area contributed by atoms with Gasteiger partial charge >= 0.3 is 5.97 Å². The first-order valence-corrected chi connectivity index (χ1v) is 6.12. The summed E-state index contributed by atoms with van der Waals surface area (Å²) < 4.78 is 10.3. The van der Waals surface area contributed by atoms with E-state index in [0.717, 1.165) is 0 Å². The van der Waals surface area contributed by atoms with Crippen LogP contribution in [0.2, 0.25) is 0 Å². The van der Waals surface area contributed by atoms with E-state index < -0.39 is 5.97 Å². The zero-order chi connectivity index (χ0) is 14.3. The zero-order valence-electron chi connectivity index (χ0n) is 11.1. The van der Waals surface area contributed by atoms with Crippen molar-refractivity contribution >= 4 is 11.8 Å². The number of benzene rings is 1. The molecule has 0 saturated heterocycles. The third-order valence-corrected chi connectivity index (χ3v) is 2.61. The van der Waals surface area contributed by atoms with E-state index in [4.69, 9.17) is 14.6 Å². The molecular formula is C14H18O5. The minimum absolute atomic E-state index is 0.0429. The molecule has 0 aliphatic heterocycles. The second-order valence-corrected chi connectivity index (χ2v) is 3.99. The quantitative estimate of drug-likeness (QED) is 0.577. The normalized spacial score (nSPS) is 10.2. The fraction of sp³-hybridized carbons (Fsp3) is 0.429. The Labute approximate surface area is 112 Å². The third kappa shape index (κ3) is 4.37. The Morgan fingerprint density at radius 2 is 2.00 bits per heavy atom. The molecule has 1 aromatic rings. The Balaban J connectivity index is 2.89. The van der Waals surface area contributed by atoms with Gasteiger partial charge in [0.1, 0.15) is 11.3 Å². The Morgan fingerprint density at radius 3 is 2.58 bits per heavy atom. The molecule has 5 nitrogen and oxygen atoms in total. The van der Waals surface area contributed by atoms with Gasteiger partial charge in [-0.2, -0.15) is 0 Å². The lowest BCUT2D eigenvalue weighted by atomic mass is 10.1. The first-order valence-electron chi connectivity index (χ1n) is 6.12. The predicted octanol–water partition coefficient (Wildman–Crippen LogP) is 2.39. The summed E-state index contributed by atoms with van der Waals surface area (Å²) in [4.78, 5) is 22.7. The molecule has 0 spiro atoms. The summed E-state index contributed by atoms with van der Waals surface area (Å²) in [7, 11) is 1.59.